The molecule has 0 saturated carbocycles. The standard InChI is InChI=1S/C12H10FN5O/c13-10-3-1-9(2-4-10)6-15-12(19)7-18-8-16-17-11(18)5-14/h1-4,8H,6-7H2,(H,15,19). The lowest BCUT2D eigenvalue weighted by Gasteiger charge is -2.06. The molecule has 0 aliphatic rings. The molecule has 6 nitrogen and oxygen atoms in total. The topological polar surface area (TPSA) is 83.6 Å². The van der Waals surface area contributed by atoms with Crippen LogP contribution in [0.4, 0.5) is 4.39 Å². The minimum Gasteiger partial charge on any atom is -0.350 e. The molecule has 1 aromatic carbocycles. The van der Waals surface area contributed by atoms with Crippen LogP contribution in [-0.4, -0.2) is 20.7 Å². The molecule has 0 saturated heterocycles. The molecule has 19 heavy (non-hydrogen) atoms. The third-order valence-electron chi connectivity index (χ3n) is 2.43. The average Bonchev–Trinajstić information content (AvgIpc) is 2.85. The largest absolute Gasteiger partial charge is 0.350 e. The summed E-state index contributed by atoms with van der Waals surface area (Å²) in [5.74, 6) is -0.518. The molecule has 0 radical (unpaired) electrons. The second-order valence-electron chi connectivity index (χ2n) is 3.80. The third kappa shape index (κ3) is 3.35. The summed E-state index contributed by atoms with van der Waals surface area (Å²) < 4.78 is 14.0. The van der Waals surface area contributed by atoms with Crippen molar-refractivity contribution in [3.8, 4) is 6.07 Å². The van der Waals surface area contributed by atoms with Gasteiger partial charge >= 0.3 is 0 Å². The van der Waals surface area contributed by atoms with Gasteiger partial charge in [-0.05, 0) is 17.7 Å². The fraction of sp³-hybridized carbons (Fsp3) is 0.167. The first-order valence-corrected chi connectivity index (χ1v) is 5.48. The lowest BCUT2D eigenvalue weighted by atomic mass is 10.2. The fourth-order valence-electron chi connectivity index (χ4n) is 1.47. The molecular formula is C12H10FN5O. The predicted molar refractivity (Wildman–Crippen MR) is 63.0 cm³/mol. The van der Waals surface area contributed by atoms with Gasteiger partial charge in [-0.15, -0.1) is 10.2 Å². The fourth-order valence-corrected chi connectivity index (χ4v) is 1.47. The van der Waals surface area contributed by atoms with Gasteiger partial charge in [-0.25, -0.2) is 4.39 Å². The van der Waals surface area contributed by atoms with Crippen LogP contribution in [0.25, 0.3) is 0 Å². The van der Waals surface area contributed by atoms with E-state index in [1.54, 1.807) is 12.1 Å². The summed E-state index contributed by atoms with van der Waals surface area (Å²) in [6.07, 6.45) is 1.32. The zero-order valence-electron chi connectivity index (χ0n) is 9.88. The number of benzene rings is 1. The van der Waals surface area contributed by atoms with Gasteiger partial charge in [-0.2, -0.15) is 5.26 Å². The van der Waals surface area contributed by atoms with Gasteiger partial charge in [0.2, 0.25) is 11.7 Å². The average molecular weight is 259 g/mol. The van der Waals surface area contributed by atoms with Crippen LogP contribution in [0, 0.1) is 17.1 Å². The Hall–Kier alpha value is -2.75. The van der Waals surface area contributed by atoms with Gasteiger partial charge < -0.3 is 5.32 Å². The van der Waals surface area contributed by atoms with Gasteiger partial charge in [0.25, 0.3) is 0 Å². The molecule has 0 fully saturated rings. The molecule has 0 unspecified atom stereocenters. The summed E-state index contributed by atoms with van der Waals surface area (Å²) in [7, 11) is 0. The zero-order chi connectivity index (χ0) is 13.7. The molecule has 2 aromatic rings. The Morgan fingerprint density at radius 1 is 1.42 bits per heavy atom. The highest BCUT2D eigenvalue weighted by atomic mass is 19.1. The van der Waals surface area contributed by atoms with Crippen molar-refractivity contribution in [2.24, 2.45) is 0 Å². The number of amides is 1. The van der Waals surface area contributed by atoms with Gasteiger partial charge in [0.15, 0.2) is 0 Å². The van der Waals surface area contributed by atoms with Crippen molar-refractivity contribution in [1.82, 2.24) is 20.1 Å². The SMILES string of the molecule is N#Cc1nncn1CC(=O)NCc1ccc(F)cc1. The van der Waals surface area contributed by atoms with E-state index < -0.39 is 0 Å². The molecule has 1 heterocycles. The van der Waals surface area contributed by atoms with Crippen molar-refractivity contribution >= 4 is 5.91 Å². The minimum absolute atomic E-state index is 0.0307. The number of rotatable bonds is 4. The lowest BCUT2D eigenvalue weighted by molar-refractivity contribution is -0.121. The number of halogens is 1. The molecule has 2 rings (SSSR count). The summed E-state index contributed by atoms with van der Waals surface area (Å²) in [6, 6.07) is 7.67. The van der Waals surface area contributed by atoms with E-state index in [4.69, 9.17) is 5.26 Å². The summed E-state index contributed by atoms with van der Waals surface area (Å²) in [6.45, 7) is 0.264. The normalized spacial score (nSPS) is 9.89. The number of carbonyl (C=O) groups is 1. The van der Waals surface area contributed by atoms with Crippen molar-refractivity contribution in [2.45, 2.75) is 13.1 Å². The van der Waals surface area contributed by atoms with Crippen molar-refractivity contribution in [2.75, 3.05) is 0 Å². The molecule has 1 aromatic heterocycles. The molecule has 0 aliphatic heterocycles. The number of hydrogen-bond donors (Lipinski definition) is 1. The maximum absolute atomic E-state index is 12.7. The molecule has 1 N–H and O–H groups in total. The van der Waals surface area contributed by atoms with E-state index in [0.29, 0.717) is 6.54 Å². The van der Waals surface area contributed by atoms with Gasteiger partial charge in [0.1, 0.15) is 24.8 Å². The van der Waals surface area contributed by atoms with Crippen LogP contribution >= 0.6 is 0 Å². The summed E-state index contributed by atoms with van der Waals surface area (Å²) in [5, 5.41) is 18.5. The molecule has 0 spiro atoms. The van der Waals surface area contributed by atoms with Crippen LogP contribution in [0.3, 0.4) is 0 Å². The molecule has 0 aliphatic carbocycles. The molecular weight excluding hydrogens is 249 g/mol. The van der Waals surface area contributed by atoms with Crippen LogP contribution < -0.4 is 5.32 Å². The van der Waals surface area contributed by atoms with Gasteiger partial charge in [-0.1, -0.05) is 12.1 Å². The Bertz CT molecular complexity index is 614. The van der Waals surface area contributed by atoms with E-state index in [1.165, 1.54) is 23.0 Å². The maximum atomic E-state index is 12.7. The zero-order valence-corrected chi connectivity index (χ0v) is 9.88. The van der Waals surface area contributed by atoms with E-state index in [2.05, 4.69) is 15.5 Å². The first-order chi connectivity index (χ1) is 9.19. The lowest BCUT2D eigenvalue weighted by Crippen LogP contribution is -2.27. The Kier molecular flexibility index (Phi) is 3.83. The van der Waals surface area contributed by atoms with Crippen LogP contribution in [0.2, 0.25) is 0 Å². The first kappa shape index (κ1) is 12.7. The smallest absolute Gasteiger partial charge is 0.240 e. The summed E-state index contributed by atoms with van der Waals surface area (Å²) >= 11 is 0. The number of nitrogens with one attached hydrogen (secondary N) is 1. The second-order valence-corrected chi connectivity index (χ2v) is 3.80. The summed E-state index contributed by atoms with van der Waals surface area (Å²) in [5.41, 5.74) is 0.791. The Morgan fingerprint density at radius 3 is 2.84 bits per heavy atom. The highest BCUT2D eigenvalue weighted by Gasteiger charge is 2.07. The number of nitrogens with zero attached hydrogens (tertiary/aromatic N) is 4. The molecule has 7 heteroatoms. The van der Waals surface area contributed by atoms with E-state index in [0.717, 1.165) is 5.56 Å². The summed E-state index contributed by atoms with van der Waals surface area (Å²) in [4.78, 5) is 11.6. The van der Waals surface area contributed by atoms with Crippen molar-refractivity contribution in [3.05, 3.63) is 47.8 Å². The first-order valence-electron chi connectivity index (χ1n) is 5.48. The number of nitriles is 1. The predicted octanol–water partition coefficient (Wildman–Crippen LogP) is 0.605. The van der Waals surface area contributed by atoms with E-state index in [1.807, 2.05) is 6.07 Å². The van der Waals surface area contributed by atoms with E-state index in [9.17, 15) is 9.18 Å². The highest BCUT2D eigenvalue weighted by molar-refractivity contribution is 5.75. The van der Waals surface area contributed by atoms with Crippen LogP contribution in [0.15, 0.2) is 30.6 Å². The van der Waals surface area contributed by atoms with Crippen molar-refractivity contribution in [1.29, 1.82) is 5.26 Å². The quantitative estimate of drug-likeness (QED) is 0.871. The Balaban J connectivity index is 1.89. The molecule has 1 amide bonds. The van der Waals surface area contributed by atoms with Crippen LogP contribution in [0.1, 0.15) is 11.4 Å². The Morgan fingerprint density at radius 2 is 2.16 bits per heavy atom. The molecule has 0 atom stereocenters. The highest BCUT2D eigenvalue weighted by Crippen LogP contribution is 2.02. The van der Waals surface area contributed by atoms with Crippen LogP contribution in [0.5, 0.6) is 0 Å². The van der Waals surface area contributed by atoms with E-state index >= 15 is 0 Å². The third-order valence-corrected chi connectivity index (χ3v) is 2.43. The van der Waals surface area contributed by atoms with Crippen LogP contribution in [-0.2, 0) is 17.9 Å². The monoisotopic (exact) mass is 259 g/mol. The van der Waals surface area contributed by atoms with Gasteiger partial charge in [0, 0.05) is 6.54 Å². The minimum atomic E-state index is -0.321. The van der Waals surface area contributed by atoms with Crippen molar-refractivity contribution in [3.63, 3.8) is 0 Å². The Labute approximate surface area is 108 Å². The molecule has 0 bridgehead atoms. The van der Waals surface area contributed by atoms with E-state index in [-0.39, 0.29) is 24.1 Å². The van der Waals surface area contributed by atoms with Gasteiger partial charge in [-0.3, -0.25) is 9.36 Å². The number of aromatic nitrogens is 3. The maximum Gasteiger partial charge on any atom is 0.240 e. The van der Waals surface area contributed by atoms with Crippen molar-refractivity contribution < 1.29 is 9.18 Å². The van der Waals surface area contributed by atoms with Gasteiger partial charge in [0.05, 0.1) is 0 Å². The number of carbonyl (C=O) groups excluding carboxylic acids is 1. The molecule has 96 valence electrons. The second kappa shape index (κ2) is 5.73. The number of hydrogen-bond acceptors (Lipinski definition) is 4.